The van der Waals surface area contributed by atoms with E-state index < -0.39 is 11.5 Å². The first-order valence-corrected chi connectivity index (χ1v) is 4.46. The normalized spacial score (nSPS) is 10.5. The number of aromatic nitrogens is 3. The van der Waals surface area contributed by atoms with Gasteiger partial charge in [-0.25, -0.2) is 14.3 Å². The highest BCUT2D eigenvalue weighted by atomic mass is 16.5. The van der Waals surface area contributed by atoms with E-state index in [2.05, 4.69) is 10.1 Å². The molecule has 2 aromatic rings. The first-order valence-electron chi connectivity index (χ1n) is 4.46. The third kappa shape index (κ3) is 1.50. The second kappa shape index (κ2) is 3.56. The highest BCUT2D eigenvalue weighted by Crippen LogP contribution is 2.03. The van der Waals surface area contributed by atoms with E-state index in [9.17, 15) is 9.59 Å². The summed E-state index contributed by atoms with van der Waals surface area (Å²) < 4.78 is 6.15. The summed E-state index contributed by atoms with van der Waals surface area (Å²) in [7, 11) is 0. The van der Waals surface area contributed by atoms with Crippen molar-refractivity contribution in [3.63, 3.8) is 0 Å². The molecule has 78 valence electrons. The quantitative estimate of drug-likeness (QED) is 0.713. The van der Waals surface area contributed by atoms with Crippen molar-refractivity contribution in [3.8, 4) is 0 Å². The van der Waals surface area contributed by atoms with Gasteiger partial charge in [0.1, 0.15) is 0 Å². The van der Waals surface area contributed by atoms with Crippen molar-refractivity contribution in [2.24, 2.45) is 0 Å². The summed E-state index contributed by atoms with van der Waals surface area (Å²) in [6.45, 7) is 1.90. The third-order valence-electron chi connectivity index (χ3n) is 1.90. The van der Waals surface area contributed by atoms with E-state index in [1.54, 1.807) is 19.2 Å². The van der Waals surface area contributed by atoms with Crippen LogP contribution < -0.4 is 5.56 Å². The van der Waals surface area contributed by atoms with Gasteiger partial charge in [-0.1, -0.05) is 0 Å². The van der Waals surface area contributed by atoms with Crippen LogP contribution in [0.5, 0.6) is 0 Å². The molecule has 6 heteroatoms. The first-order chi connectivity index (χ1) is 7.24. The van der Waals surface area contributed by atoms with Gasteiger partial charge in [-0.3, -0.25) is 9.89 Å². The van der Waals surface area contributed by atoms with E-state index in [1.165, 1.54) is 10.7 Å². The minimum Gasteiger partial charge on any atom is -0.462 e. The fraction of sp³-hybridized carbons (Fsp3) is 0.222. The molecule has 0 amide bonds. The number of carbonyl (C=O) groups is 1. The average Bonchev–Trinajstić information content (AvgIpc) is 2.54. The van der Waals surface area contributed by atoms with Crippen molar-refractivity contribution in [3.05, 3.63) is 34.4 Å². The van der Waals surface area contributed by atoms with Gasteiger partial charge >= 0.3 is 5.97 Å². The fourth-order valence-electron chi connectivity index (χ4n) is 1.30. The molecule has 0 aliphatic heterocycles. The lowest BCUT2D eigenvalue weighted by atomic mass is 10.3. The second-order valence-electron chi connectivity index (χ2n) is 2.85. The molecule has 0 spiro atoms. The number of aromatic amines is 1. The zero-order valence-corrected chi connectivity index (χ0v) is 8.06. The minimum absolute atomic E-state index is 0.0579. The van der Waals surface area contributed by atoms with E-state index in [1.807, 2.05) is 0 Å². The topological polar surface area (TPSA) is 76.5 Å². The number of nitrogens with one attached hydrogen (secondary N) is 1. The molecule has 0 unspecified atom stereocenters. The fourth-order valence-corrected chi connectivity index (χ4v) is 1.30. The summed E-state index contributed by atoms with van der Waals surface area (Å²) in [6, 6.07) is 1.65. The maximum absolute atomic E-state index is 11.4. The molecule has 2 rings (SSSR count). The van der Waals surface area contributed by atoms with Gasteiger partial charge in [0.2, 0.25) is 0 Å². The Bertz CT molecular complexity index is 555. The highest BCUT2D eigenvalue weighted by molar-refractivity contribution is 5.95. The average molecular weight is 207 g/mol. The van der Waals surface area contributed by atoms with Crippen LogP contribution in [-0.2, 0) is 4.74 Å². The number of hydrogen-bond donors (Lipinski definition) is 1. The highest BCUT2D eigenvalue weighted by Gasteiger charge is 2.18. The van der Waals surface area contributed by atoms with Crippen molar-refractivity contribution in [1.29, 1.82) is 0 Å². The van der Waals surface area contributed by atoms with Crippen LogP contribution in [0.1, 0.15) is 17.3 Å². The SMILES string of the molecule is CCOC(=O)c1c(=O)[nH]n2cccnc12. The Morgan fingerprint density at radius 2 is 2.47 bits per heavy atom. The van der Waals surface area contributed by atoms with Crippen molar-refractivity contribution >= 4 is 11.6 Å². The lowest BCUT2D eigenvalue weighted by molar-refractivity contribution is 0.0527. The van der Waals surface area contributed by atoms with E-state index in [-0.39, 0.29) is 17.8 Å². The van der Waals surface area contributed by atoms with Gasteiger partial charge in [-0.05, 0) is 13.0 Å². The van der Waals surface area contributed by atoms with Gasteiger partial charge in [0.25, 0.3) is 5.56 Å². The minimum atomic E-state index is -0.653. The molecule has 0 saturated heterocycles. The Hall–Kier alpha value is -2.11. The van der Waals surface area contributed by atoms with Crippen LogP contribution in [-0.4, -0.2) is 27.2 Å². The number of esters is 1. The number of H-pyrrole nitrogens is 1. The summed E-state index contributed by atoms with van der Waals surface area (Å²) in [5.41, 5.74) is -0.273. The molecule has 1 N–H and O–H groups in total. The molecular weight excluding hydrogens is 198 g/mol. The molecule has 0 atom stereocenters. The molecular formula is C9H9N3O3. The Morgan fingerprint density at radius 1 is 1.67 bits per heavy atom. The molecule has 0 saturated carbocycles. The Morgan fingerprint density at radius 3 is 3.20 bits per heavy atom. The van der Waals surface area contributed by atoms with Crippen molar-refractivity contribution in [2.45, 2.75) is 6.92 Å². The Kier molecular flexibility index (Phi) is 2.24. The van der Waals surface area contributed by atoms with Crippen LogP contribution in [0.15, 0.2) is 23.3 Å². The van der Waals surface area contributed by atoms with Gasteiger partial charge in [0.15, 0.2) is 11.2 Å². The summed E-state index contributed by atoms with van der Waals surface area (Å²) in [5, 5.41) is 2.46. The lowest BCUT2D eigenvalue weighted by Gasteiger charge is -1.97. The molecule has 15 heavy (non-hydrogen) atoms. The van der Waals surface area contributed by atoms with Crippen LogP contribution >= 0.6 is 0 Å². The van der Waals surface area contributed by atoms with Gasteiger partial charge in [0, 0.05) is 12.4 Å². The maximum atomic E-state index is 11.4. The Labute approximate surface area is 84.5 Å². The van der Waals surface area contributed by atoms with E-state index in [0.717, 1.165) is 0 Å². The standard InChI is InChI=1S/C9H9N3O3/c1-2-15-9(14)6-7-10-4-3-5-12(7)11-8(6)13/h3-5H,2H2,1H3,(H,11,13). The molecule has 0 bridgehead atoms. The van der Waals surface area contributed by atoms with E-state index in [0.29, 0.717) is 0 Å². The van der Waals surface area contributed by atoms with E-state index >= 15 is 0 Å². The molecule has 0 fully saturated rings. The van der Waals surface area contributed by atoms with E-state index in [4.69, 9.17) is 4.74 Å². The van der Waals surface area contributed by atoms with Gasteiger partial charge in [0.05, 0.1) is 6.61 Å². The number of ether oxygens (including phenoxy) is 1. The molecule has 0 aliphatic rings. The predicted octanol–water partition coefficient (Wildman–Crippen LogP) is 0.199. The molecule has 2 aromatic heterocycles. The number of rotatable bonds is 2. The number of hydrogen-bond acceptors (Lipinski definition) is 4. The van der Waals surface area contributed by atoms with Crippen LogP contribution in [0.25, 0.3) is 5.65 Å². The zero-order chi connectivity index (χ0) is 10.8. The largest absolute Gasteiger partial charge is 0.462 e. The third-order valence-corrected chi connectivity index (χ3v) is 1.90. The first kappa shape index (κ1) is 9.45. The van der Waals surface area contributed by atoms with Crippen molar-refractivity contribution in [2.75, 3.05) is 6.61 Å². The lowest BCUT2D eigenvalue weighted by Crippen LogP contribution is -2.15. The Balaban J connectivity index is 2.64. The summed E-state index contributed by atoms with van der Waals surface area (Å²) in [5.74, 6) is -0.653. The smallest absolute Gasteiger partial charge is 0.347 e. The summed E-state index contributed by atoms with van der Waals surface area (Å²) >= 11 is 0. The summed E-state index contributed by atoms with van der Waals surface area (Å²) in [6.07, 6.45) is 3.11. The molecule has 0 aliphatic carbocycles. The maximum Gasteiger partial charge on any atom is 0.347 e. The molecule has 2 heterocycles. The van der Waals surface area contributed by atoms with Gasteiger partial charge in [-0.2, -0.15) is 0 Å². The van der Waals surface area contributed by atoms with Crippen molar-refractivity contribution < 1.29 is 9.53 Å². The van der Waals surface area contributed by atoms with Crippen molar-refractivity contribution in [1.82, 2.24) is 14.6 Å². The van der Waals surface area contributed by atoms with Crippen LogP contribution in [0.3, 0.4) is 0 Å². The second-order valence-corrected chi connectivity index (χ2v) is 2.85. The number of nitrogens with zero attached hydrogens (tertiary/aromatic N) is 2. The molecule has 0 aromatic carbocycles. The predicted molar refractivity (Wildman–Crippen MR) is 51.8 cm³/mol. The molecule has 0 radical (unpaired) electrons. The van der Waals surface area contributed by atoms with Crippen LogP contribution in [0.4, 0.5) is 0 Å². The number of carbonyl (C=O) groups excluding carboxylic acids is 1. The van der Waals surface area contributed by atoms with Gasteiger partial charge in [-0.15, -0.1) is 0 Å². The zero-order valence-electron chi connectivity index (χ0n) is 8.06. The number of fused-ring (bicyclic) bond motifs is 1. The monoisotopic (exact) mass is 207 g/mol. The van der Waals surface area contributed by atoms with Gasteiger partial charge < -0.3 is 4.74 Å². The summed E-state index contributed by atoms with van der Waals surface area (Å²) in [4.78, 5) is 26.8. The van der Waals surface area contributed by atoms with Crippen LogP contribution in [0, 0.1) is 0 Å². The van der Waals surface area contributed by atoms with Crippen LogP contribution in [0.2, 0.25) is 0 Å². The molecule has 6 nitrogen and oxygen atoms in total.